The molecule has 0 aliphatic carbocycles. The summed E-state index contributed by atoms with van der Waals surface area (Å²) in [6, 6.07) is 4.98. The van der Waals surface area contributed by atoms with Gasteiger partial charge >= 0.3 is 6.01 Å². The predicted molar refractivity (Wildman–Crippen MR) is 85.9 cm³/mol. The largest absolute Gasteiger partial charge is 0.475 e. The van der Waals surface area contributed by atoms with Gasteiger partial charge in [-0.15, -0.1) is 0 Å². The van der Waals surface area contributed by atoms with Crippen molar-refractivity contribution in [2.75, 3.05) is 13.2 Å². The minimum absolute atomic E-state index is 0.0252. The molecule has 3 rings (SSSR count). The van der Waals surface area contributed by atoms with Crippen LogP contribution in [-0.2, 0) is 4.79 Å². The second-order valence-corrected chi connectivity index (χ2v) is 5.45. The van der Waals surface area contributed by atoms with Crippen LogP contribution in [0.15, 0.2) is 18.2 Å². The van der Waals surface area contributed by atoms with E-state index in [-0.39, 0.29) is 18.0 Å². The van der Waals surface area contributed by atoms with Crippen LogP contribution in [0.1, 0.15) is 30.1 Å². The average molecular weight is 330 g/mol. The third-order valence-corrected chi connectivity index (χ3v) is 3.71. The van der Waals surface area contributed by atoms with Crippen molar-refractivity contribution in [3.05, 3.63) is 23.8 Å². The number of rotatable bonds is 6. The molecule has 126 valence electrons. The third kappa shape index (κ3) is 3.37. The number of carbonyl (C=O) groups is 2. The minimum atomic E-state index is -0.537. The molecule has 8 heteroatoms. The zero-order chi connectivity index (χ0) is 17.1. The Labute approximate surface area is 138 Å². The maximum atomic E-state index is 11.3. The second kappa shape index (κ2) is 6.69. The zero-order valence-electron chi connectivity index (χ0n) is 13.2. The van der Waals surface area contributed by atoms with E-state index >= 15 is 0 Å². The highest BCUT2D eigenvalue weighted by molar-refractivity contribution is 5.97. The van der Waals surface area contributed by atoms with Gasteiger partial charge in [-0.25, -0.2) is 0 Å². The molecule has 3 N–H and O–H groups in total. The molecule has 8 nitrogen and oxygen atoms in total. The number of hydrogen-bond donors (Lipinski definition) is 2. The van der Waals surface area contributed by atoms with E-state index in [1.54, 1.807) is 18.2 Å². The van der Waals surface area contributed by atoms with Gasteiger partial charge in [-0.1, -0.05) is 0 Å². The van der Waals surface area contributed by atoms with E-state index in [0.29, 0.717) is 42.0 Å². The average Bonchev–Trinajstić information content (AvgIpc) is 2.97. The van der Waals surface area contributed by atoms with Crippen LogP contribution < -0.4 is 20.5 Å². The van der Waals surface area contributed by atoms with Crippen molar-refractivity contribution in [3.63, 3.8) is 0 Å². The normalized spacial score (nSPS) is 16.9. The van der Waals surface area contributed by atoms with E-state index in [9.17, 15) is 9.59 Å². The molecule has 1 aromatic heterocycles. The SMILES string of the molecule is CCOc1nc(OC[C@@H]2CCC(=O)N2)c2ccc(C(N)=O)cc2n1. The molecule has 0 saturated carbocycles. The van der Waals surface area contributed by atoms with Gasteiger partial charge in [0.25, 0.3) is 0 Å². The predicted octanol–water partition coefficient (Wildman–Crippen LogP) is 0.785. The number of primary amides is 1. The molecule has 1 aliphatic heterocycles. The van der Waals surface area contributed by atoms with Gasteiger partial charge in [0, 0.05) is 12.0 Å². The quantitative estimate of drug-likeness (QED) is 0.808. The Morgan fingerprint density at radius 1 is 1.38 bits per heavy atom. The molecule has 0 unspecified atom stereocenters. The Morgan fingerprint density at radius 2 is 2.21 bits per heavy atom. The van der Waals surface area contributed by atoms with E-state index in [4.69, 9.17) is 15.2 Å². The van der Waals surface area contributed by atoms with Crippen LogP contribution in [0.25, 0.3) is 10.9 Å². The first-order valence-corrected chi connectivity index (χ1v) is 7.73. The summed E-state index contributed by atoms with van der Waals surface area (Å²) in [7, 11) is 0. The van der Waals surface area contributed by atoms with Crippen LogP contribution in [0, 0.1) is 0 Å². The molecule has 2 aromatic rings. The lowest BCUT2D eigenvalue weighted by Crippen LogP contribution is -2.31. The summed E-state index contributed by atoms with van der Waals surface area (Å²) >= 11 is 0. The fourth-order valence-electron chi connectivity index (χ4n) is 2.52. The van der Waals surface area contributed by atoms with Crippen molar-refractivity contribution >= 4 is 22.7 Å². The molecular formula is C16H18N4O4. The summed E-state index contributed by atoms with van der Waals surface area (Å²) < 4.78 is 11.1. The molecule has 1 fully saturated rings. The van der Waals surface area contributed by atoms with Gasteiger partial charge in [0.2, 0.25) is 17.7 Å². The van der Waals surface area contributed by atoms with Crippen molar-refractivity contribution in [2.24, 2.45) is 5.73 Å². The maximum Gasteiger partial charge on any atom is 0.320 e. The topological polar surface area (TPSA) is 116 Å². The highest BCUT2D eigenvalue weighted by atomic mass is 16.5. The van der Waals surface area contributed by atoms with Crippen LogP contribution in [0.5, 0.6) is 11.9 Å². The summed E-state index contributed by atoms with van der Waals surface area (Å²) in [5, 5.41) is 3.48. The fourth-order valence-corrected chi connectivity index (χ4v) is 2.52. The van der Waals surface area contributed by atoms with Crippen LogP contribution >= 0.6 is 0 Å². The Bertz CT molecular complexity index is 793. The number of amides is 2. The van der Waals surface area contributed by atoms with Gasteiger partial charge in [0.1, 0.15) is 6.61 Å². The van der Waals surface area contributed by atoms with Gasteiger partial charge in [0.15, 0.2) is 0 Å². The third-order valence-electron chi connectivity index (χ3n) is 3.71. The number of nitrogens with one attached hydrogen (secondary N) is 1. The monoisotopic (exact) mass is 330 g/mol. The summed E-state index contributed by atoms with van der Waals surface area (Å²) in [6.45, 7) is 2.53. The van der Waals surface area contributed by atoms with Crippen LogP contribution in [0.2, 0.25) is 0 Å². The van der Waals surface area contributed by atoms with Crippen molar-refractivity contribution in [1.29, 1.82) is 0 Å². The van der Waals surface area contributed by atoms with Crippen molar-refractivity contribution in [3.8, 4) is 11.9 Å². The molecule has 0 spiro atoms. The zero-order valence-corrected chi connectivity index (χ0v) is 13.2. The molecule has 24 heavy (non-hydrogen) atoms. The number of ether oxygens (including phenoxy) is 2. The molecule has 2 heterocycles. The Morgan fingerprint density at radius 3 is 2.88 bits per heavy atom. The molecular weight excluding hydrogens is 312 g/mol. The lowest BCUT2D eigenvalue weighted by atomic mass is 10.1. The Hall–Kier alpha value is -2.90. The summed E-state index contributed by atoms with van der Waals surface area (Å²) in [5.41, 5.74) is 6.16. The molecule has 0 radical (unpaired) electrons. The first kappa shape index (κ1) is 16.0. The molecule has 1 aromatic carbocycles. The summed E-state index contributed by atoms with van der Waals surface area (Å²) in [5.74, 6) is -0.164. The number of nitrogens with two attached hydrogens (primary N) is 1. The minimum Gasteiger partial charge on any atom is -0.475 e. The number of fused-ring (bicyclic) bond motifs is 1. The summed E-state index contributed by atoms with van der Waals surface area (Å²) in [4.78, 5) is 31.1. The van der Waals surface area contributed by atoms with Crippen LogP contribution in [0.3, 0.4) is 0 Å². The van der Waals surface area contributed by atoms with E-state index < -0.39 is 5.91 Å². The van der Waals surface area contributed by atoms with Crippen molar-refractivity contribution in [2.45, 2.75) is 25.8 Å². The number of nitrogens with zero attached hydrogens (tertiary/aromatic N) is 2. The highest BCUT2D eigenvalue weighted by Crippen LogP contribution is 2.26. The second-order valence-electron chi connectivity index (χ2n) is 5.45. The lowest BCUT2D eigenvalue weighted by molar-refractivity contribution is -0.119. The van der Waals surface area contributed by atoms with Gasteiger partial charge in [-0.05, 0) is 31.5 Å². The maximum absolute atomic E-state index is 11.3. The van der Waals surface area contributed by atoms with E-state index in [1.807, 2.05) is 6.92 Å². The van der Waals surface area contributed by atoms with Gasteiger partial charge < -0.3 is 20.5 Å². The fraction of sp³-hybridized carbons (Fsp3) is 0.375. The highest BCUT2D eigenvalue weighted by Gasteiger charge is 2.22. The molecule has 1 aliphatic rings. The number of hydrogen-bond acceptors (Lipinski definition) is 6. The van der Waals surface area contributed by atoms with Gasteiger partial charge in [-0.2, -0.15) is 9.97 Å². The smallest absolute Gasteiger partial charge is 0.320 e. The standard InChI is InChI=1S/C16H18N4O4/c1-2-23-16-19-12-7-9(14(17)22)3-5-11(12)15(20-16)24-8-10-4-6-13(21)18-10/h3,5,7,10H,2,4,6,8H2,1H3,(H2,17,22)(H,18,21)/t10-/m0/s1. The number of benzene rings is 1. The van der Waals surface area contributed by atoms with Crippen molar-refractivity contribution in [1.82, 2.24) is 15.3 Å². The first-order valence-electron chi connectivity index (χ1n) is 7.73. The number of carbonyl (C=O) groups excluding carboxylic acids is 2. The Kier molecular flexibility index (Phi) is 4.45. The summed E-state index contributed by atoms with van der Waals surface area (Å²) in [6.07, 6.45) is 1.23. The van der Waals surface area contributed by atoms with Gasteiger partial charge in [0.05, 0.1) is 23.6 Å². The van der Waals surface area contributed by atoms with E-state index in [2.05, 4.69) is 15.3 Å². The van der Waals surface area contributed by atoms with Crippen LogP contribution in [-0.4, -0.2) is 41.0 Å². The van der Waals surface area contributed by atoms with Crippen molar-refractivity contribution < 1.29 is 19.1 Å². The van der Waals surface area contributed by atoms with E-state index in [0.717, 1.165) is 6.42 Å². The lowest BCUT2D eigenvalue weighted by Gasteiger charge is -2.14. The number of aromatic nitrogens is 2. The molecule has 0 bridgehead atoms. The van der Waals surface area contributed by atoms with E-state index in [1.165, 1.54) is 0 Å². The first-order chi connectivity index (χ1) is 11.6. The molecule has 2 amide bonds. The van der Waals surface area contributed by atoms with Crippen LogP contribution in [0.4, 0.5) is 0 Å². The molecule has 1 atom stereocenters. The Balaban J connectivity index is 1.91. The molecule has 1 saturated heterocycles. The van der Waals surface area contributed by atoms with Gasteiger partial charge in [-0.3, -0.25) is 9.59 Å².